The zero-order valence-corrected chi connectivity index (χ0v) is 14.7. The van der Waals surface area contributed by atoms with Crippen molar-refractivity contribution >= 4 is 5.69 Å². The number of ether oxygens (including phenoxy) is 2. The Labute approximate surface area is 144 Å². The van der Waals surface area contributed by atoms with Gasteiger partial charge in [0.1, 0.15) is 0 Å². The van der Waals surface area contributed by atoms with Crippen molar-refractivity contribution in [3.8, 4) is 11.5 Å². The monoisotopic (exact) mass is 326 g/mol. The van der Waals surface area contributed by atoms with Crippen LogP contribution in [0.4, 0.5) is 5.69 Å². The lowest BCUT2D eigenvalue weighted by molar-refractivity contribution is 0.200. The highest BCUT2D eigenvalue weighted by molar-refractivity contribution is 5.49. The van der Waals surface area contributed by atoms with Gasteiger partial charge < -0.3 is 15.2 Å². The Morgan fingerprint density at radius 2 is 1.75 bits per heavy atom. The molecule has 1 aliphatic heterocycles. The van der Waals surface area contributed by atoms with Crippen molar-refractivity contribution in [1.29, 1.82) is 0 Å². The second-order valence-corrected chi connectivity index (χ2v) is 6.36. The fourth-order valence-electron chi connectivity index (χ4n) is 3.46. The SMILES string of the molecule is COc1cc2c(cc1OC)[C@H](C)N(CCc1ccc(N)cc1)CC2. The number of hydrogen-bond donors (Lipinski definition) is 1. The van der Waals surface area contributed by atoms with Crippen LogP contribution in [0.1, 0.15) is 29.7 Å². The van der Waals surface area contributed by atoms with Crippen molar-refractivity contribution in [3.63, 3.8) is 0 Å². The van der Waals surface area contributed by atoms with Gasteiger partial charge in [0.05, 0.1) is 14.2 Å². The molecule has 1 atom stereocenters. The lowest BCUT2D eigenvalue weighted by Crippen LogP contribution is -2.35. The van der Waals surface area contributed by atoms with E-state index in [4.69, 9.17) is 15.2 Å². The van der Waals surface area contributed by atoms with Crippen molar-refractivity contribution in [2.45, 2.75) is 25.8 Å². The third-order valence-electron chi connectivity index (χ3n) is 4.98. The molecule has 2 aromatic rings. The highest BCUT2D eigenvalue weighted by Crippen LogP contribution is 2.37. The van der Waals surface area contributed by atoms with Crippen LogP contribution in [-0.2, 0) is 12.8 Å². The summed E-state index contributed by atoms with van der Waals surface area (Å²) in [5, 5.41) is 0. The quantitative estimate of drug-likeness (QED) is 0.855. The summed E-state index contributed by atoms with van der Waals surface area (Å²) in [4.78, 5) is 2.53. The van der Waals surface area contributed by atoms with Gasteiger partial charge in [0.25, 0.3) is 0 Å². The summed E-state index contributed by atoms with van der Waals surface area (Å²) in [7, 11) is 3.38. The normalized spacial score (nSPS) is 17.4. The van der Waals surface area contributed by atoms with Crippen LogP contribution in [0.15, 0.2) is 36.4 Å². The van der Waals surface area contributed by atoms with Gasteiger partial charge in [-0.05, 0) is 60.7 Å². The molecule has 0 amide bonds. The molecule has 0 unspecified atom stereocenters. The van der Waals surface area contributed by atoms with Crippen LogP contribution in [0.5, 0.6) is 11.5 Å². The van der Waals surface area contributed by atoms with Crippen LogP contribution in [-0.4, -0.2) is 32.2 Å². The first-order valence-corrected chi connectivity index (χ1v) is 8.45. The number of fused-ring (bicyclic) bond motifs is 1. The molecule has 0 spiro atoms. The van der Waals surface area contributed by atoms with Gasteiger partial charge in [0.15, 0.2) is 11.5 Å². The van der Waals surface area contributed by atoms with Gasteiger partial charge in [-0.2, -0.15) is 0 Å². The largest absolute Gasteiger partial charge is 0.493 e. The number of anilines is 1. The van der Waals surface area contributed by atoms with E-state index in [-0.39, 0.29) is 0 Å². The summed E-state index contributed by atoms with van der Waals surface area (Å²) in [6.45, 7) is 4.38. The Bertz CT molecular complexity index is 698. The van der Waals surface area contributed by atoms with Crippen molar-refractivity contribution in [2.24, 2.45) is 0 Å². The molecular formula is C20H26N2O2. The molecule has 2 N–H and O–H groups in total. The average Bonchev–Trinajstić information content (AvgIpc) is 2.61. The predicted octanol–water partition coefficient (Wildman–Crippen LogP) is 3.45. The van der Waals surface area contributed by atoms with Crippen LogP contribution in [0.25, 0.3) is 0 Å². The van der Waals surface area contributed by atoms with Crippen molar-refractivity contribution in [2.75, 3.05) is 33.0 Å². The number of rotatable bonds is 5. The highest BCUT2D eigenvalue weighted by atomic mass is 16.5. The Morgan fingerprint density at radius 3 is 2.42 bits per heavy atom. The molecule has 0 bridgehead atoms. The van der Waals surface area contributed by atoms with Gasteiger partial charge in [-0.3, -0.25) is 4.90 Å². The molecule has 1 aliphatic rings. The molecule has 128 valence electrons. The Hall–Kier alpha value is -2.20. The maximum Gasteiger partial charge on any atom is 0.161 e. The van der Waals surface area contributed by atoms with Crippen molar-refractivity contribution < 1.29 is 9.47 Å². The number of benzene rings is 2. The number of nitrogens with two attached hydrogens (primary N) is 1. The smallest absolute Gasteiger partial charge is 0.161 e. The minimum Gasteiger partial charge on any atom is -0.493 e. The first-order chi connectivity index (χ1) is 11.6. The first kappa shape index (κ1) is 16.7. The highest BCUT2D eigenvalue weighted by Gasteiger charge is 2.25. The molecule has 4 nitrogen and oxygen atoms in total. The minimum absolute atomic E-state index is 0.377. The van der Waals surface area contributed by atoms with E-state index >= 15 is 0 Å². The lowest BCUT2D eigenvalue weighted by atomic mass is 9.92. The molecule has 1 heterocycles. The van der Waals surface area contributed by atoms with Crippen LogP contribution < -0.4 is 15.2 Å². The van der Waals surface area contributed by atoms with E-state index in [1.807, 2.05) is 12.1 Å². The molecule has 0 saturated heterocycles. The van der Waals surface area contributed by atoms with Gasteiger partial charge in [-0.15, -0.1) is 0 Å². The molecule has 0 fully saturated rings. The zero-order chi connectivity index (χ0) is 17.1. The molecule has 0 radical (unpaired) electrons. The number of hydrogen-bond acceptors (Lipinski definition) is 4. The molecule has 2 aromatic carbocycles. The van der Waals surface area contributed by atoms with Gasteiger partial charge in [0, 0.05) is 24.8 Å². The van der Waals surface area contributed by atoms with Crippen LogP contribution in [0.2, 0.25) is 0 Å². The van der Waals surface area contributed by atoms with E-state index in [1.54, 1.807) is 14.2 Å². The summed E-state index contributed by atoms with van der Waals surface area (Å²) in [5.74, 6) is 1.63. The van der Waals surface area contributed by atoms with Gasteiger partial charge in [-0.1, -0.05) is 12.1 Å². The number of methoxy groups -OCH3 is 2. The van der Waals surface area contributed by atoms with E-state index < -0.39 is 0 Å². The van der Waals surface area contributed by atoms with E-state index in [1.165, 1.54) is 16.7 Å². The Kier molecular flexibility index (Phi) is 4.95. The molecule has 0 saturated carbocycles. The van der Waals surface area contributed by atoms with Crippen molar-refractivity contribution in [3.05, 3.63) is 53.1 Å². The Balaban J connectivity index is 1.74. The van der Waals surface area contributed by atoms with E-state index in [0.29, 0.717) is 6.04 Å². The fraction of sp³-hybridized carbons (Fsp3) is 0.400. The molecule has 0 aromatic heterocycles. The summed E-state index contributed by atoms with van der Waals surface area (Å²) in [5.41, 5.74) is 10.6. The minimum atomic E-state index is 0.377. The van der Waals surface area contributed by atoms with E-state index in [0.717, 1.165) is 43.1 Å². The molecule has 24 heavy (non-hydrogen) atoms. The van der Waals surface area contributed by atoms with Crippen LogP contribution >= 0.6 is 0 Å². The van der Waals surface area contributed by atoms with Gasteiger partial charge in [0.2, 0.25) is 0 Å². The standard InChI is InChI=1S/C20H26N2O2/c1-14-18-13-20(24-3)19(23-2)12-16(18)9-11-22(14)10-8-15-4-6-17(21)7-5-15/h4-7,12-14H,8-11,21H2,1-3H3/t14-/m0/s1. The average molecular weight is 326 g/mol. The van der Waals surface area contributed by atoms with E-state index in [2.05, 4.69) is 36.1 Å². The second-order valence-electron chi connectivity index (χ2n) is 6.36. The summed E-state index contributed by atoms with van der Waals surface area (Å²) in [6, 6.07) is 12.8. The lowest BCUT2D eigenvalue weighted by Gasteiger charge is -2.35. The van der Waals surface area contributed by atoms with Crippen LogP contribution in [0.3, 0.4) is 0 Å². The molecule has 4 heteroatoms. The maximum atomic E-state index is 5.76. The maximum absolute atomic E-state index is 5.76. The van der Waals surface area contributed by atoms with Crippen molar-refractivity contribution in [1.82, 2.24) is 4.90 Å². The zero-order valence-electron chi connectivity index (χ0n) is 14.7. The molecular weight excluding hydrogens is 300 g/mol. The Morgan fingerprint density at radius 1 is 1.08 bits per heavy atom. The summed E-state index contributed by atoms with van der Waals surface area (Å²) >= 11 is 0. The van der Waals surface area contributed by atoms with Gasteiger partial charge in [-0.25, -0.2) is 0 Å². The van der Waals surface area contributed by atoms with E-state index in [9.17, 15) is 0 Å². The fourth-order valence-corrected chi connectivity index (χ4v) is 3.46. The second kappa shape index (κ2) is 7.14. The third kappa shape index (κ3) is 3.34. The third-order valence-corrected chi connectivity index (χ3v) is 4.98. The molecule has 3 rings (SSSR count). The van der Waals surface area contributed by atoms with Gasteiger partial charge >= 0.3 is 0 Å². The number of nitrogen functional groups attached to an aromatic ring is 1. The summed E-state index contributed by atoms with van der Waals surface area (Å²) in [6.07, 6.45) is 2.08. The summed E-state index contributed by atoms with van der Waals surface area (Å²) < 4.78 is 10.9. The number of nitrogens with zero attached hydrogens (tertiary/aromatic N) is 1. The molecule has 0 aliphatic carbocycles. The first-order valence-electron chi connectivity index (χ1n) is 8.45. The predicted molar refractivity (Wildman–Crippen MR) is 97.8 cm³/mol. The van der Waals surface area contributed by atoms with Crippen LogP contribution in [0, 0.1) is 0 Å². The topological polar surface area (TPSA) is 47.7 Å².